The SMILES string of the molecule is CCOC(=O)C1(O)COc2c(c(C)nn2-c2ccccc2C)C1. The first-order chi connectivity index (χ1) is 11.0. The number of carbonyl (C=O) groups is 1. The van der Waals surface area contributed by atoms with E-state index in [0.29, 0.717) is 5.88 Å². The minimum atomic E-state index is -1.66. The molecule has 3 rings (SSSR count). The van der Waals surface area contributed by atoms with Gasteiger partial charge in [-0.2, -0.15) is 5.10 Å². The Morgan fingerprint density at radius 1 is 1.43 bits per heavy atom. The molecule has 1 aromatic carbocycles. The van der Waals surface area contributed by atoms with Crippen molar-refractivity contribution >= 4 is 5.97 Å². The van der Waals surface area contributed by atoms with Gasteiger partial charge in [0.05, 0.1) is 18.0 Å². The molecular formula is C17H20N2O4. The maximum atomic E-state index is 12.0. The molecule has 6 nitrogen and oxygen atoms in total. The Hall–Kier alpha value is -2.34. The number of hydrogen-bond acceptors (Lipinski definition) is 5. The number of hydrogen-bond donors (Lipinski definition) is 1. The maximum Gasteiger partial charge on any atom is 0.342 e. The molecule has 0 saturated heterocycles. The lowest BCUT2D eigenvalue weighted by molar-refractivity contribution is -0.169. The molecule has 1 aliphatic heterocycles. The summed E-state index contributed by atoms with van der Waals surface area (Å²) >= 11 is 0. The van der Waals surface area contributed by atoms with Gasteiger partial charge in [0.2, 0.25) is 11.5 Å². The van der Waals surface area contributed by atoms with Gasteiger partial charge in [-0.1, -0.05) is 18.2 Å². The second kappa shape index (κ2) is 5.70. The fourth-order valence-electron chi connectivity index (χ4n) is 2.78. The fraction of sp³-hybridized carbons (Fsp3) is 0.412. The number of nitrogens with zero attached hydrogens (tertiary/aromatic N) is 2. The van der Waals surface area contributed by atoms with Gasteiger partial charge < -0.3 is 14.6 Å². The molecule has 0 spiro atoms. The molecule has 2 aromatic rings. The Kier molecular flexibility index (Phi) is 3.85. The van der Waals surface area contributed by atoms with Crippen molar-refractivity contribution in [1.82, 2.24) is 9.78 Å². The predicted octanol–water partition coefficient (Wildman–Crippen LogP) is 1.72. The summed E-state index contributed by atoms with van der Waals surface area (Å²) in [6.45, 7) is 5.62. The Balaban J connectivity index is 2.01. The van der Waals surface area contributed by atoms with Crippen molar-refractivity contribution in [3.8, 4) is 11.6 Å². The molecule has 0 fully saturated rings. The van der Waals surface area contributed by atoms with Crippen LogP contribution in [0.15, 0.2) is 24.3 Å². The number of para-hydroxylation sites is 1. The first kappa shape index (κ1) is 15.6. The molecule has 0 amide bonds. The molecule has 6 heteroatoms. The van der Waals surface area contributed by atoms with E-state index in [-0.39, 0.29) is 19.6 Å². The summed E-state index contributed by atoms with van der Waals surface area (Å²) in [7, 11) is 0. The largest absolute Gasteiger partial charge is 0.474 e. The number of esters is 1. The van der Waals surface area contributed by atoms with Crippen molar-refractivity contribution in [2.75, 3.05) is 13.2 Å². The topological polar surface area (TPSA) is 73.6 Å². The lowest BCUT2D eigenvalue weighted by Crippen LogP contribution is -2.49. The lowest BCUT2D eigenvalue weighted by Gasteiger charge is -2.30. The summed E-state index contributed by atoms with van der Waals surface area (Å²) in [5, 5.41) is 15.1. The van der Waals surface area contributed by atoms with Gasteiger partial charge in [-0.3, -0.25) is 0 Å². The highest BCUT2D eigenvalue weighted by molar-refractivity contribution is 5.80. The summed E-state index contributed by atoms with van der Waals surface area (Å²) in [6.07, 6.45) is 0.138. The van der Waals surface area contributed by atoms with Crippen molar-refractivity contribution in [1.29, 1.82) is 0 Å². The summed E-state index contributed by atoms with van der Waals surface area (Å²) in [6, 6.07) is 7.85. The number of aryl methyl sites for hydroxylation is 2. The highest BCUT2D eigenvalue weighted by Gasteiger charge is 2.44. The summed E-state index contributed by atoms with van der Waals surface area (Å²) in [4.78, 5) is 12.0. The molecule has 0 aliphatic carbocycles. The van der Waals surface area contributed by atoms with Gasteiger partial charge in [-0.25, -0.2) is 9.48 Å². The van der Waals surface area contributed by atoms with Crippen LogP contribution < -0.4 is 4.74 Å². The van der Waals surface area contributed by atoms with Crippen molar-refractivity contribution in [2.45, 2.75) is 32.8 Å². The Bertz CT molecular complexity index is 753. The first-order valence-corrected chi connectivity index (χ1v) is 7.63. The Morgan fingerprint density at radius 2 is 2.17 bits per heavy atom. The van der Waals surface area contributed by atoms with Crippen LogP contribution in [-0.2, 0) is 16.0 Å². The van der Waals surface area contributed by atoms with E-state index < -0.39 is 11.6 Å². The average molecular weight is 316 g/mol. The zero-order valence-electron chi connectivity index (χ0n) is 13.5. The fourth-order valence-corrected chi connectivity index (χ4v) is 2.78. The number of carbonyl (C=O) groups excluding carboxylic acids is 1. The molecular weight excluding hydrogens is 296 g/mol. The Labute approximate surface area is 134 Å². The smallest absolute Gasteiger partial charge is 0.342 e. The number of aliphatic hydroxyl groups is 1. The van der Waals surface area contributed by atoms with Crippen molar-refractivity contribution in [3.63, 3.8) is 0 Å². The van der Waals surface area contributed by atoms with Crippen LogP contribution in [0.2, 0.25) is 0 Å². The van der Waals surface area contributed by atoms with Crippen LogP contribution in [0.25, 0.3) is 5.69 Å². The van der Waals surface area contributed by atoms with Crippen LogP contribution in [0.1, 0.15) is 23.7 Å². The number of aromatic nitrogens is 2. The average Bonchev–Trinajstić information content (AvgIpc) is 2.84. The first-order valence-electron chi connectivity index (χ1n) is 7.63. The van der Waals surface area contributed by atoms with Gasteiger partial charge >= 0.3 is 5.97 Å². The van der Waals surface area contributed by atoms with Gasteiger partial charge in [0.15, 0.2) is 0 Å². The van der Waals surface area contributed by atoms with Crippen LogP contribution in [0.4, 0.5) is 0 Å². The second-order valence-electron chi connectivity index (χ2n) is 5.78. The molecule has 23 heavy (non-hydrogen) atoms. The standard InChI is InChI=1S/C17H20N2O4/c1-4-22-16(20)17(21)9-13-12(3)18-19(15(13)23-10-17)14-8-6-5-7-11(14)2/h5-8,21H,4,9-10H2,1-3H3. The molecule has 1 N–H and O–H groups in total. The molecule has 1 aromatic heterocycles. The van der Waals surface area contributed by atoms with Gasteiger partial charge in [-0.05, 0) is 32.4 Å². The monoisotopic (exact) mass is 316 g/mol. The normalized spacial score (nSPS) is 19.8. The van der Waals surface area contributed by atoms with E-state index in [1.165, 1.54) is 0 Å². The zero-order valence-corrected chi connectivity index (χ0v) is 13.5. The van der Waals surface area contributed by atoms with Crippen molar-refractivity contribution in [3.05, 3.63) is 41.1 Å². The highest BCUT2D eigenvalue weighted by Crippen LogP contribution is 2.35. The van der Waals surface area contributed by atoms with E-state index in [1.807, 2.05) is 38.1 Å². The summed E-state index contributed by atoms with van der Waals surface area (Å²) in [5.41, 5.74) is 1.78. The predicted molar refractivity (Wildman–Crippen MR) is 83.8 cm³/mol. The van der Waals surface area contributed by atoms with E-state index in [4.69, 9.17) is 9.47 Å². The molecule has 1 atom stereocenters. The zero-order chi connectivity index (χ0) is 16.6. The number of benzene rings is 1. The molecule has 0 bridgehead atoms. The maximum absolute atomic E-state index is 12.0. The second-order valence-corrected chi connectivity index (χ2v) is 5.78. The third-order valence-electron chi connectivity index (χ3n) is 4.05. The molecule has 0 saturated carbocycles. The van der Waals surface area contributed by atoms with Crippen LogP contribution >= 0.6 is 0 Å². The van der Waals surface area contributed by atoms with E-state index in [2.05, 4.69) is 5.10 Å². The van der Waals surface area contributed by atoms with Crippen molar-refractivity contribution in [2.24, 2.45) is 0 Å². The van der Waals surface area contributed by atoms with E-state index in [1.54, 1.807) is 11.6 Å². The molecule has 1 aliphatic rings. The summed E-state index contributed by atoms with van der Waals surface area (Å²) in [5.74, 6) is -0.0838. The van der Waals surface area contributed by atoms with E-state index in [0.717, 1.165) is 22.5 Å². The quantitative estimate of drug-likeness (QED) is 0.873. The van der Waals surface area contributed by atoms with Gasteiger partial charge in [0.25, 0.3) is 0 Å². The van der Waals surface area contributed by atoms with E-state index in [9.17, 15) is 9.90 Å². The Morgan fingerprint density at radius 3 is 2.87 bits per heavy atom. The molecule has 1 unspecified atom stereocenters. The minimum Gasteiger partial charge on any atom is -0.474 e. The lowest BCUT2D eigenvalue weighted by atomic mass is 9.93. The minimum absolute atomic E-state index is 0.138. The van der Waals surface area contributed by atoms with Gasteiger partial charge in [-0.15, -0.1) is 0 Å². The van der Waals surface area contributed by atoms with Crippen molar-refractivity contribution < 1.29 is 19.4 Å². The number of rotatable bonds is 3. The van der Waals surface area contributed by atoms with Crippen LogP contribution in [-0.4, -0.2) is 39.7 Å². The molecule has 2 heterocycles. The van der Waals surface area contributed by atoms with E-state index >= 15 is 0 Å². The van der Waals surface area contributed by atoms with Gasteiger partial charge in [0.1, 0.15) is 6.61 Å². The third kappa shape index (κ3) is 2.59. The number of fused-ring (bicyclic) bond motifs is 1. The van der Waals surface area contributed by atoms with Crippen LogP contribution in [0.5, 0.6) is 5.88 Å². The van der Waals surface area contributed by atoms with Crippen LogP contribution in [0, 0.1) is 13.8 Å². The van der Waals surface area contributed by atoms with Gasteiger partial charge in [0, 0.05) is 12.0 Å². The highest BCUT2D eigenvalue weighted by atomic mass is 16.6. The summed E-state index contributed by atoms with van der Waals surface area (Å²) < 4.78 is 12.4. The number of ether oxygens (including phenoxy) is 2. The molecule has 122 valence electrons. The third-order valence-corrected chi connectivity index (χ3v) is 4.05. The van der Waals surface area contributed by atoms with Crippen LogP contribution in [0.3, 0.4) is 0 Å². The molecule has 0 radical (unpaired) electrons.